The highest BCUT2D eigenvalue weighted by Gasteiger charge is 2.35. The zero-order chi connectivity index (χ0) is 17.5. The summed E-state index contributed by atoms with van der Waals surface area (Å²) >= 11 is 0. The number of amides is 1. The van der Waals surface area contributed by atoms with E-state index in [9.17, 15) is 17.6 Å². The molecule has 7 nitrogen and oxygen atoms in total. The molecule has 0 bridgehead atoms. The minimum Gasteiger partial charge on any atom is -0.337 e. The van der Waals surface area contributed by atoms with Crippen LogP contribution in [0.1, 0.15) is 29.0 Å². The molecule has 0 atom stereocenters. The largest absolute Gasteiger partial charge is 0.337 e. The van der Waals surface area contributed by atoms with Crippen LogP contribution < -0.4 is 5.14 Å². The van der Waals surface area contributed by atoms with E-state index in [2.05, 4.69) is 4.98 Å². The Morgan fingerprint density at radius 2 is 2.17 bits per heavy atom. The molecule has 1 saturated carbocycles. The first-order chi connectivity index (χ1) is 11.3. The molecule has 2 aromatic rings. The lowest BCUT2D eigenvalue weighted by atomic mass is 10.1. The van der Waals surface area contributed by atoms with Crippen molar-refractivity contribution in [2.75, 3.05) is 0 Å². The van der Waals surface area contributed by atoms with E-state index in [0.29, 0.717) is 5.82 Å². The Kier molecular flexibility index (Phi) is 4.14. The van der Waals surface area contributed by atoms with Crippen molar-refractivity contribution in [3.05, 3.63) is 47.8 Å². The van der Waals surface area contributed by atoms with Crippen molar-refractivity contribution < 1.29 is 17.6 Å². The fourth-order valence-corrected chi connectivity index (χ4v) is 2.99. The number of nitrogens with zero attached hydrogens (tertiary/aromatic N) is 3. The lowest BCUT2D eigenvalue weighted by Crippen LogP contribution is -2.34. The van der Waals surface area contributed by atoms with Gasteiger partial charge < -0.3 is 9.47 Å². The maximum absolute atomic E-state index is 14.1. The number of halogens is 1. The quantitative estimate of drug-likeness (QED) is 0.868. The molecule has 1 amide bonds. The van der Waals surface area contributed by atoms with Crippen molar-refractivity contribution in [2.24, 2.45) is 12.2 Å². The number of benzene rings is 1. The van der Waals surface area contributed by atoms with Gasteiger partial charge in [0.2, 0.25) is 10.0 Å². The molecule has 9 heteroatoms. The summed E-state index contributed by atoms with van der Waals surface area (Å²) in [5.74, 6) is -0.681. The van der Waals surface area contributed by atoms with Crippen LogP contribution in [0.15, 0.2) is 35.5 Å². The Labute approximate surface area is 138 Å². The van der Waals surface area contributed by atoms with E-state index in [1.54, 1.807) is 24.0 Å². The summed E-state index contributed by atoms with van der Waals surface area (Å²) in [6, 6.07) is 2.98. The molecule has 128 valence electrons. The van der Waals surface area contributed by atoms with Gasteiger partial charge in [0.25, 0.3) is 5.91 Å². The predicted molar refractivity (Wildman–Crippen MR) is 83.9 cm³/mol. The molecule has 0 aliphatic heterocycles. The van der Waals surface area contributed by atoms with E-state index in [1.165, 1.54) is 4.90 Å². The number of hydrogen-bond donors (Lipinski definition) is 1. The standard InChI is InChI=1S/C15H17FN4O3S/c1-19-7-6-18-14(19)9-20(10-2-3-10)15(21)12-8-11(24(17,22)23)4-5-13(12)16/h4-8,10H,2-3,9H2,1H3,(H2,17,22,23). The first-order valence-corrected chi connectivity index (χ1v) is 8.91. The average Bonchev–Trinajstić information content (AvgIpc) is 3.27. The van der Waals surface area contributed by atoms with Crippen LogP contribution in [0.25, 0.3) is 0 Å². The molecular formula is C15H17FN4O3S. The Morgan fingerprint density at radius 3 is 2.71 bits per heavy atom. The molecule has 1 aromatic carbocycles. The van der Waals surface area contributed by atoms with Crippen LogP contribution in [0.2, 0.25) is 0 Å². The third-order valence-corrected chi connectivity index (χ3v) is 4.89. The number of carbonyl (C=O) groups excluding carboxylic acids is 1. The van der Waals surface area contributed by atoms with Crippen LogP contribution in [-0.2, 0) is 23.6 Å². The predicted octanol–water partition coefficient (Wildman–Crippen LogP) is 1.01. The molecule has 1 aliphatic rings. The number of primary sulfonamides is 1. The Balaban J connectivity index is 1.95. The highest BCUT2D eigenvalue weighted by molar-refractivity contribution is 7.89. The van der Waals surface area contributed by atoms with E-state index in [1.807, 2.05) is 0 Å². The van der Waals surface area contributed by atoms with Crippen LogP contribution in [0, 0.1) is 5.82 Å². The summed E-state index contributed by atoms with van der Waals surface area (Å²) in [4.78, 5) is 18.2. The molecule has 1 aliphatic carbocycles. The van der Waals surface area contributed by atoms with Crippen molar-refractivity contribution >= 4 is 15.9 Å². The number of sulfonamides is 1. The lowest BCUT2D eigenvalue weighted by Gasteiger charge is -2.22. The second-order valence-corrected chi connectivity index (χ2v) is 7.37. The van der Waals surface area contributed by atoms with Gasteiger partial charge in [-0.1, -0.05) is 0 Å². The van der Waals surface area contributed by atoms with Crippen LogP contribution in [0.4, 0.5) is 4.39 Å². The van der Waals surface area contributed by atoms with Crippen molar-refractivity contribution in [3.63, 3.8) is 0 Å². The summed E-state index contributed by atoms with van der Waals surface area (Å²) < 4.78 is 38.8. The van der Waals surface area contributed by atoms with Gasteiger partial charge in [0.15, 0.2) is 0 Å². The van der Waals surface area contributed by atoms with Crippen molar-refractivity contribution in [3.8, 4) is 0 Å². The van der Waals surface area contributed by atoms with Crippen LogP contribution in [-0.4, -0.2) is 34.8 Å². The molecule has 2 N–H and O–H groups in total. The fraction of sp³-hybridized carbons (Fsp3) is 0.333. The normalized spacial score (nSPS) is 14.6. The maximum atomic E-state index is 14.1. The topological polar surface area (TPSA) is 98.3 Å². The first kappa shape index (κ1) is 16.6. The van der Waals surface area contributed by atoms with Gasteiger partial charge in [0.1, 0.15) is 11.6 Å². The van der Waals surface area contributed by atoms with E-state index < -0.39 is 21.7 Å². The number of hydrogen-bond acceptors (Lipinski definition) is 4. The highest BCUT2D eigenvalue weighted by Crippen LogP contribution is 2.30. The van der Waals surface area contributed by atoms with Crippen LogP contribution >= 0.6 is 0 Å². The Hall–Kier alpha value is -2.26. The second kappa shape index (κ2) is 5.99. The average molecular weight is 352 g/mol. The smallest absolute Gasteiger partial charge is 0.257 e. The molecule has 1 fully saturated rings. The van der Waals surface area contributed by atoms with E-state index in [0.717, 1.165) is 31.0 Å². The van der Waals surface area contributed by atoms with Crippen molar-refractivity contribution in [2.45, 2.75) is 30.3 Å². The summed E-state index contributed by atoms with van der Waals surface area (Å²) in [7, 11) is -2.21. The molecular weight excluding hydrogens is 335 g/mol. The Bertz CT molecular complexity index is 890. The van der Waals surface area contributed by atoms with Gasteiger partial charge in [-0.2, -0.15) is 0 Å². The van der Waals surface area contributed by atoms with E-state index in [-0.39, 0.29) is 23.0 Å². The van der Waals surface area contributed by atoms with Crippen molar-refractivity contribution in [1.82, 2.24) is 14.5 Å². The fourth-order valence-electron chi connectivity index (χ4n) is 2.45. The van der Waals surface area contributed by atoms with Gasteiger partial charge in [-0.15, -0.1) is 0 Å². The van der Waals surface area contributed by atoms with Gasteiger partial charge in [-0.05, 0) is 31.0 Å². The van der Waals surface area contributed by atoms with E-state index >= 15 is 0 Å². The first-order valence-electron chi connectivity index (χ1n) is 7.37. The summed E-state index contributed by atoms with van der Waals surface area (Å²) in [6.07, 6.45) is 5.03. The third-order valence-electron chi connectivity index (χ3n) is 3.98. The van der Waals surface area contributed by atoms with Gasteiger partial charge in [-0.3, -0.25) is 4.79 Å². The number of rotatable bonds is 5. The van der Waals surface area contributed by atoms with Crippen LogP contribution in [0.3, 0.4) is 0 Å². The summed E-state index contributed by atoms with van der Waals surface area (Å²) in [5.41, 5.74) is -0.303. The maximum Gasteiger partial charge on any atom is 0.257 e. The zero-order valence-electron chi connectivity index (χ0n) is 13.0. The molecule has 0 radical (unpaired) electrons. The summed E-state index contributed by atoms with van der Waals surface area (Å²) in [6.45, 7) is 0.228. The molecule has 0 spiro atoms. The molecule has 1 aromatic heterocycles. The van der Waals surface area contributed by atoms with Crippen molar-refractivity contribution in [1.29, 1.82) is 0 Å². The van der Waals surface area contributed by atoms with Gasteiger partial charge >= 0.3 is 0 Å². The number of aromatic nitrogens is 2. The molecule has 24 heavy (non-hydrogen) atoms. The molecule has 3 rings (SSSR count). The summed E-state index contributed by atoms with van der Waals surface area (Å²) in [5, 5.41) is 5.07. The minimum absolute atomic E-state index is 0.00624. The monoisotopic (exact) mass is 352 g/mol. The Morgan fingerprint density at radius 1 is 1.46 bits per heavy atom. The minimum atomic E-state index is -4.02. The van der Waals surface area contributed by atoms with Gasteiger partial charge in [-0.25, -0.2) is 22.9 Å². The molecule has 0 saturated heterocycles. The highest BCUT2D eigenvalue weighted by atomic mass is 32.2. The van der Waals surface area contributed by atoms with Gasteiger partial charge in [0, 0.05) is 25.5 Å². The number of aryl methyl sites for hydroxylation is 1. The van der Waals surface area contributed by atoms with Gasteiger partial charge in [0.05, 0.1) is 17.0 Å². The number of imidazole rings is 1. The molecule has 0 unspecified atom stereocenters. The third kappa shape index (κ3) is 3.31. The SMILES string of the molecule is Cn1ccnc1CN(C(=O)c1cc(S(N)(=O)=O)ccc1F)C1CC1. The molecule has 1 heterocycles. The number of nitrogens with two attached hydrogens (primary N) is 1. The zero-order valence-corrected chi connectivity index (χ0v) is 13.8. The second-order valence-electron chi connectivity index (χ2n) is 5.81. The number of carbonyl (C=O) groups is 1. The van der Waals surface area contributed by atoms with Crippen LogP contribution in [0.5, 0.6) is 0 Å². The van der Waals surface area contributed by atoms with E-state index in [4.69, 9.17) is 5.14 Å². The lowest BCUT2D eigenvalue weighted by molar-refractivity contribution is 0.0719.